The molecule has 35 heavy (non-hydrogen) atoms. The number of hydrogen-bond donors (Lipinski definition) is 1. The van der Waals surface area contributed by atoms with E-state index >= 15 is 0 Å². The fourth-order valence-corrected chi connectivity index (χ4v) is 4.83. The minimum Gasteiger partial charge on any atom is -0.465 e. The highest BCUT2D eigenvalue weighted by molar-refractivity contribution is 6.07. The van der Waals surface area contributed by atoms with Crippen LogP contribution in [0.1, 0.15) is 32.0 Å². The summed E-state index contributed by atoms with van der Waals surface area (Å²) in [5.74, 6) is -0.416. The summed E-state index contributed by atoms with van der Waals surface area (Å²) in [4.78, 5) is 40.2. The van der Waals surface area contributed by atoms with E-state index in [1.807, 2.05) is 59.5 Å². The lowest BCUT2D eigenvalue weighted by Crippen LogP contribution is -2.36. The van der Waals surface area contributed by atoms with Crippen molar-refractivity contribution in [1.82, 2.24) is 19.9 Å². The van der Waals surface area contributed by atoms with Crippen LogP contribution in [0.15, 0.2) is 73.1 Å². The quantitative estimate of drug-likeness (QED) is 0.391. The van der Waals surface area contributed by atoms with E-state index in [0.717, 1.165) is 44.3 Å². The molecule has 1 N–H and O–H groups in total. The molecule has 7 heteroatoms. The fourth-order valence-electron chi connectivity index (χ4n) is 4.83. The van der Waals surface area contributed by atoms with Gasteiger partial charge in [-0.25, -0.2) is 9.78 Å². The molecule has 0 spiro atoms. The number of aromatic amines is 1. The average Bonchev–Trinajstić information content (AvgIpc) is 3.29. The van der Waals surface area contributed by atoms with Gasteiger partial charge >= 0.3 is 5.97 Å². The van der Waals surface area contributed by atoms with E-state index in [2.05, 4.69) is 9.97 Å². The van der Waals surface area contributed by atoms with E-state index in [4.69, 9.17) is 9.72 Å². The lowest BCUT2D eigenvalue weighted by atomic mass is 10.00. The number of para-hydroxylation sites is 1. The molecule has 0 radical (unpaired) electrons. The van der Waals surface area contributed by atoms with Gasteiger partial charge in [-0.3, -0.25) is 9.78 Å². The summed E-state index contributed by atoms with van der Waals surface area (Å²) in [5, 5.41) is 1.77. The number of esters is 1. The van der Waals surface area contributed by atoms with Gasteiger partial charge in [0, 0.05) is 65.0 Å². The van der Waals surface area contributed by atoms with Crippen molar-refractivity contribution in [3.8, 4) is 11.3 Å². The van der Waals surface area contributed by atoms with E-state index < -0.39 is 0 Å². The van der Waals surface area contributed by atoms with Crippen molar-refractivity contribution in [2.75, 3.05) is 13.7 Å². The molecular formula is C28H22N4O3. The largest absolute Gasteiger partial charge is 0.465 e. The Morgan fingerprint density at radius 2 is 1.83 bits per heavy atom. The van der Waals surface area contributed by atoms with Gasteiger partial charge in [0.05, 0.1) is 29.4 Å². The highest BCUT2D eigenvalue weighted by atomic mass is 16.5. The number of methoxy groups -OCH3 is 1. The number of benzene rings is 2. The molecule has 0 atom stereocenters. The summed E-state index contributed by atoms with van der Waals surface area (Å²) in [6.45, 7) is 1.06. The second-order valence-corrected chi connectivity index (χ2v) is 8.62. The van der Waals surface area contributed by atoms with Crippen LogP contribution in [0.4, 0.5) is 0 Å². The molecule has 7 nitrogen and oxygen atoms in total. The third-order valence-electron chi connectivity index (χ3n) is 6.61. The van der Waals surface area contributed by atoms with Crippen molar-refractivity contribution < 1.29 is 14.3 Å². The molecule has 1 aliphatic heterocycles. The zero-order chi connectivity index (χ0) is 23.9. The molecular weight excluding hydrogens is 440 g/mol. The monoisotopic (exact) mass is 462 g/mol. The van der Waals surface area contributed by atoms with Gasteiger partial charge < -0.3 is 14.6 Å². The van der Waals surface area contributed by atoms with Gasteiger partial charge in [-0.05, 0) is 42.5 Å². The topological polar surface area (TPSA) is 88.2 Å². The predicted octanol–water partition coefficient (Wildman–Crippen LogP) is 4.76. The fraction of sp³-hybridized carbons (Fsp3) is 0.143. The Bertz CT molecular complexity index is 1610. The number of fused-ring (bicyclic) bond motifs is 4. The highest BCUT2D eigenvalue weighted by Crippen LogP contribution is 2.31. The molecule has 0 bridgehead atoms. The van der Waals surface area contributed by atoms with Crippen LogP contribution < -0.4 is 0 Å². The Kier molecular flexibility index (Phi) is 5.03. The molecule has 0 fully saturated rings. The van der Waals surface area contributed by atoms with E-state index in [1.54, 1.807) is 18.5 Å². The van der Waals surface area contributed by atoms with Crippen molar-refractivity contribution >= 4 is 33.7 Å². The van der Waals surface area contributed by atoms with Gasteiger partial charge in [0.1, 0.15) is 0 Å². The van der Waals surface area contributed by atoms with Crippen molar-refractivity contribution in [3.05, 3.63) is 95.4 Å². The molecule has 2 aromatic carbocycles. The molecule has 172 valence electrons. The summed E-state index contributed by atoms with van der Waals surface area (Å²) in [6, 6.07) is 18.9. The van der Waals surface area contributed by atoms with E-state index in [9.17, 15) is 9.59 Å². The second-order valence-electron chi connectivity index (χ2n) is 8.62. The zero-order valence-corrected chi connectivity index (χ0v) is 19.1. The van der Waals surface area contributed by atoms with E-state index in [1.165, 1.54) is 7.11 Å². The summed E-state index contributed by atoms with van der Waals surface area (Å²) in [5.41, 5.74) is 6.63. The molecule has 0 saturated heterocycles. The van der Waals surface area contributed by atoms with E-state index in [0.29, 0.717) is 30.6 Å². The standard InChI is InChI=1S/C28H22N4O3/c1-35-28(34)18-6-7-24-20(14-18)22-16-32(13-10-25(22)30-24)27(33)21-15-26(17-8-11-29-12-9-17)31-23-5-3-2-4-19(21)23/h2-9,11-12,14-15,30H,10,13,16H2,1H3. The predicted molar refractivity (Wildman–Crippen MR) is 133 cm³/mol. The summed E-state index contributed by atoms with van der Waals surface area (Å²) >= 11 is 0. The Labute approximate surface area is 201 Å². The minimum absolute atomic E-state index is 0.0389. The van der Waals surface area contributed by atoms with Crippen molar-refractivity contribution in [2.24, 2.45) is 0 Å². The first-order chi connectivity index (χ1) is 17.1. The first kappa shape index (κ1) is 21.0. The van der Waals surface area contributed by atoms with Gasteiger partial charge in [0.15, 0.2) is 0 Å². The van der Waals surface area contributed by atoms with Crippen LogP contribution in [-0.4, -0.2) is 45.4 Å². The van der Waals surface area contributed by atoms with Crippen molar-refractivity contribution in [2.45, 2.75) is 13.0 Å². The third-order valence-corrected chi connectivity index (χ3v) is 6.61. The normalized spacial score (nSPS) is 13.1. The molecule has 4 heterocycles. The van der Waals surface area contributed by atoms with Crippen LogP contribution in [0.5, 0.6) is 0 Å². The lowest BCUT2D eigenvalue weighted by Gasteiger charge is -2.28. The van der Waals surface area contributed by atoms with Gasteiger partial charge in [0.25, 0.3) is 5.91 Å². The number of amides is 1. The Balaban J connectivity index is 1.41. The molecule has 1 amide bonds. The second kappa shape index (κ2) is 8.36. The number of carbonyl (C=O) groups is 2. The number of H-pyrrole nitrogens is 1. The Morgan fingerprint density at radius 1 is 1.00 bits per heavy atom. The van der Waals surface area contributed by atoms with Gasteiger partial charge in [-0.2, -0.15) is 0 Å². The maximum Gasteiger partial charge on any atom is 0.337 e. The molecule has 1 aliphatic rings. The first-order valence-electron chi connectivity index (χ1n) is 11.4. The maximum absolute atomic E-state index is 13.9. The summed E-state index contributed by atoms with van der Waals surface area (Å²) < 4.78 is 4.89. The number of nitrogens with one attached hydrogen (secondary N) is 1. The molecule has 3 aromatic heterocycles. The van der Waals surface area contributed by atoms with Crippen molar-refractivity contribution in [3.63, 3.8) is 0 Å². The van der Waals surface area contributed by atoms with Gasteiger partial charge in [-0.15, -0.1) is 0 Å². The van der Waals surface area contributed by atoms with Crippen LogP contribution in [0.2, 0.25) is 0 Å². The Morgan fingerprint density at radius 3 is 2.66 bits per heavy atom. The lowest BCUT2D eigenvalue weighted by molar-refractivity contribution is 0.0600. The molecule has 5 aromatic rings. The van der Waals surface area contributed by atoms with Gasteiger partial charge in [0.2, 0.25) is 0 Å². The average molecular weight is 463 g/mol. The van der Waals surface area contributed by atoms with Gasteiger partial charge in [-0.1, -0.05) is 18.2 Å². The summed E-state index contributed by atoms with van der Waals surface area (Å²) in [7, 11) is 1.37. The van der Waals surface area contributed by atoms with Crippen LogP contribution in [0.25, 0.3) is 33.1 Å². The van der Waals surface area contributed by atoms with Crippen LogP contribution >= 0.6 is 0 Å². The van der Waals surface area contributed by atoms with Crippen LogP contribution in [0, 0.1) is 0 Å². The maximum atomic E-state index is 13.9. The van der Waals surface area contributed by atoms with Crippen molar-refractivity contribution in [1.29, 1.82) is 0 Å². The number of carbonyl (C=O) groups excluding carboxylic acids is 2. The number of hydrogen-bond acceptors (Lipinski definition) is 5. The smallest absolute Gasteiger partial charge is 0.337 e. The Hall–Kier alpha value is -4.52. The molecule has 0 aliphatic carbocycles. The van der Waals surface area contributed by atoms with Crippen LogP contribution in [0.3, 0.4) is 0 Å². The SMILES string of the molecule is COC(=O)c1ccc2[nH]c3c(c2c1)CN(C(=O)c1cc(-c2ccncc2)nc2ccccc12)CC3. The summed E-state index contributed by atoms with van der Waals surface area (Å²) in [6.07, 6.45) is 4.16. The number of pyridine rings is 2. The minimum atomic E-state index is -0.377. The molecule has 0 saturated carbocycles. The number of ether oxygens (including phenoxy) is 1. The highest BCUT2D eigenvalue weighted by Gasteiger charge is 2.27. The zero-order valence-electron chi connectivity index (χ0n) is 19.1. The molecule has 6 rings (SSSR count). The molecule has 0 unspecified atom stereocenters. The number of nitrogens with zero attached hydrogens (tertiary/aromatic N) is 3. The number of aromatic nitrogens is 3. The van der Waals surface area contributed by atoms with Crippen LogP contribution in [-0.2, 0) is 17.7 Å². The third kappa shape index (κ3) is 3.61. The first-order valence-corrected chi connectivity index (χ1v) is 11.4. The van der Waals surface area contributed by atoms with E-state index in [-0.39, 0.29) is 11.9 Å². The number of rotatable bonds is 3.